The third-order valence-electron chi connectivity index (χ3n) is 3.08. The summed E-state index contributed by atoms with van der Waals surface area (Å²) in [4.78, 5) is 26.0. The maximum absolute atomic E-state index is 12.7. The topological polar surface area (TPSA) is 51.5 Å². The highest BCUT2D eigenvalue weighted by atomic mass is 79.9. The number of ether oxygens (including phenoxy) is 1. The molecule has 0 aliphatic carbocycles. The summed E-state index contributed by atoms with van der Waals surface area (Å²) in [7, 11) is 0. The van der Waals surface area contributed by atoms with E-state index in [1.165, 1.54) is 4.90 Å². The Morgan fingerprint density at radius 1 is 1.33 bits per heavy atom. The maximum Gasteiger partial charge on any atom is 0.325 e. The van der Waals surface area contributed by atoms with Gasteiger partial charge in [0.15, 0.2) is 0 Å². The van der Waals surface area contributed by atoms with Gasteiger partial charge in [-0.05, 0) is 56.6 Å². The minimum atomic E-state index is -0.388. The lowest BCUT2D eigenvalue weighted by Crippen LogP contribution is -2.42. The van der Waals surface area contributed by atoms with E-state index in [0.29, 0.717) is 12.3 Å². The summed E-state index contributed by atoms with van der Waals surface area (Å²) in [5, 5.41) is 0. The molecule has 1 amide bonds. The second-order valence-corrected chi connectivity index (χ2v) is 6.29. The van der Waals surface area contributed by atoms with Gasteiger partial charge < -0.3 is 14.2 Å². The summed E-state index contributed by atoms with van der Waals surface area (Å²) in [5.41, 5.74) is 0.565. The van der Waals surface area contributed by atoms with Gasteiger partial charge >= 0.3 is 5.97 Å². The van der Waals surface area contributed by atoms with Gasteiger partial charge in [0.05, 0.1) is 6.61 Å². The van der Waals surface area contributed by atoms with E-state index in [4.69, 9.17) is 4.74 Å². The molecule has 1 aromatic heterocycles. The van der Waals surface area contributed by atoms with Crippen LogP contribution in [0.15, 0.2) is 16.7 Å². The molecule has 0 fully saturated rings. The SMILES string of the molecule is CCOC(=O)CN(C(=O)c1cc(Br)cn1C(C)C)C(C)C. The molecule has 0 atom stereocenters. The van der Waals surface area contributed by atoms with Gasteiger partial charge in [0.1, 0.15) is 12.2 Å². The van der Waals surface area contributed by atoms with Gasteiger partial charge in [-0.3, -0.25) is 9.59 Å². The van der Waals surface area contributed by atoms with Crippen LogP contribution in [0.2, 0.25) is 0 Å². The molecule has 0 N–H and O–H groups in total. The normalized spacial score (nSPS) is 11.0. The van der Waals surface area contributed by atoms with E-state index in [2.05, 4.69) is 15.9 Å². The number of carbonyl (C=O) groups is 2. The number of carbonyl (C=O) groups excluding carboxylic acids is 2. The van der Waals surface area contributed by atoms with Gasteiger partial charge in [-0.15, -0.1) is 0 Å². The highest BCUT2D eigenvalue weighted by Gasteiger charge is 2.25. The minimum Gasteiger partial charge on any atom is -0.465 e. The highest BCUT2D eigenvalue weighted by molar-refractivity contribution is 9.10. The van der Waals surface area contributed by atoms with Crippen LogP contribution in [0.1, 0.15) is 51.1 Å². The van der Waals surface area contributed by atoms with E-state index >= 15 is 0 Å². The van der Waals surface area contributed by atoms with E-state index in [0.717, 1.165) is 4.47 Å². The molecule has 5 nitrogen and oxygen atoms in total. The number of esters is 1. The van der Waals surface area contributed by atoms with Crippen molar-refractivity contribution in [3.63, 3.8) is 0 Å². The molecule has 0 saturated carbocycles. The third kappa shape index (κ3) is 4.59. The minimum absolute atomic E-state index is 0.0365. The number of amides is 1. The number of aromatic nitrogens is 1. The Morgan fingerprint density at radius 3 is 2.43 bits per heavy atom. The summed E-state index contributed by atoms with van der Waals surface area (Å²) in [6.45, 7) is 9.81. The summed E-state index contributed by atoms with van der Waals surface area (Å²) in [6, 6.07) is 1.85. The van der Waals surface area contributed by atoms with E-state index in [9.17, 15) is 9.59 Å². The first kappa shape index (κ1) is 17.8. The van der Waals surface area contributed by atoms with Crippen LogP contribution in [0.3, 0.4) is 0 Å². The molecule has 0 saturated heterocycles. The largest absolute Gasteiger partial charge is 0.465 e. The molecule has 0 aliphatic heterocycles. The lowest BCUT2D eigenvalue weighted by Gasteiger charge is -2.26. The molecular formula is C15H23BrN2O3. The van der Waals surface area contributed by atoms with E-state index in [-0.39, 0.29) is 30.5 Å². The molecule has 0 aliphatic rings. The number of hydrogen-bond acceptors (Lipinski definition) is 3. The van der Waals surface area contributed by atoms with Crippen LogP contribution in [0.25, 0.3) is 0 Å². The third-order valence-corrected chi connectivity index (χ3v) is 3.51. The molecule has 0 aromatic carbocycles. The van der Waals surface area contributed by atoms with Crippen LogP contribution in [0.5, 0.6) is 0 Å². The standard InChI is InChI=1S/C15H23BrN2O3/c1-6-21-14(19)9-18(11(4)5)15(20)13-7-12(16)8-17(13)10(2)3/h7-8,10-11H,6,9H2,1-5H3. The molecule has 0 spiro atoms. The van der Waals surface area contributed by atoms with Crippen molar-refractivity contribution in [3.05, 3.63) is 22.4 Å². The summed E-state index contributed by atoms with van der Waals surface area (Å²) < 4.78 is 7.69. The summed E-state index contributed by atoms with van der Waals surface area (Å²) in [5.74, 6) is -0.557. The van der Waals surface area contributed by atoms with Crippen LogP contribution < -0.4 is 0 Å². The van der Waals surface area contributed by atoms with Gasteiger partial charge in [-0.25, -0.2) is 0 Å². The van der Waals surface area contributed by atoms with Gasteiger partial charge in [-0.2, -0.15) is 0 Å². The molecule has 118 valence electrons. The van der Waals surface area contributed by atoms with Crippen LogP contribution in [-0.2, 0) is 9.53 Å². The fourth-order valence-electron chi connectivity index (χ4n) is 2.03. The molecule has 0 radical (unpaired) electrons. The zero-order valence-electron chi connectivity index (χ0n) is 13.2. The van der Waals surface area contributed by atoms with Gasteiger partial charge in [0.2, 0.25) is 0 Å². The molecule has 21 heavy (non-hydrogen) atoms. The number of nitrogens with zero attached hydrogens (tertiary/aromatic N) is 2. The Kier molecular flexibility index (Phi) is 6.45. The number of halogens is 1. The predicted octanol–water partition coefficient (Wildman–Crippen LogP) is 3.25. The molecule has 1 aromatic rings. The Balaban J connectivity index is 3.04. The van der Waals surface area contributed by atoms with Crippen molar-refractivity contribution in [1.82, 2.24) is 9.47 Å². The van der Waals surface area contributed by atoms with Gasteiger partial charge in [-0.1, -0.05) is 0 Å². The molecule has 0 bridgehead atoms. The molecule has 1 rings (SSSR count). The Bertz CT molecular complexity index is 509. The van der Waals surface area contributed by atoms with E-state index < -0.39 is 0 Å². The van der Waals surface area contributed by atoms with Crippen molar-refractivity contribution < 1.29 is 14.3 Å². The van der Waals surface area contributed by atoms with Gasteiger partial charge in [0.25, 0.3) is 5.91 Å². The van der Waals surface area contributed by atoms with Gasteiger partial charge in [0, 0.05) is 22.8 Å². The predicted molar refractivity (Wildman–Crippen MR) is 85.3 cm³/mol. The molecule has 1 heterocycles. The molecule has 6 heteroatoms. The van der Waals surface area contributed by atoms with Crippen molar-refractivity contribution in [3.8, 4) is 0 Å². The summed E-state index contributed by atoms with van der Waals surface area (Å²) in [6.07, 6.45) is 1.88. The quantitative estimate of drug-likeness (QED) is 0.733. The Hall–Kier alpha value is -1.30. The summed E-state index contributed by atoms with van der Waals surface area (Å²) >= 11 is 3.40. The average Bonchev–Trinajstić information content (AvgIpc) is 2.77. The van der Waals surface area contributed by atoms with Crippen LogP contribution in [-0.4, -0.2) is 40.5 Å². The lowest BCUT2D eigenvalue weighted by molar-refractivity contribution is -0.144. The van der Waals surface area contributed by atoms with Crippen molar-refractivity contribution in [1.29, 1.82) is 0 Å². The fraction of sp³-hybridized carbons (Fsp3) is 0.600. The monoisotopic (exact) mass is 358 g/mol. The molecular weight excluding hydrogens is 336 g/mol. The zero-order valence-corrected chi connectivity index (χ0v) is 14.8. The average molecular weight is 359 g/mol. The Labute approximate surface area is 134 Å². The van der Waals surface area contributed by atoms with Crippen molar-refractivity contribution in [2.75, 3.05) is 13.2 Å². The first-order valence-corrected chi connectivity index (χ1v) is 7.91. The first-order chi connectivity index (χ1) is 9.77. The van der Waals surface area contributed by atoms with E-state index in [1.807, 2.05) is 38.5 Å². The lowest BCUT2D eigenvalue weighted by atomic mass is 10.2. The number of hydrogen-bond donors (Lipinski definition) is 0. The van der Waals surface area contributed by atoms with Crippen LogP contribution >= 0.6 is 15.9 Å². The second-order valence-electron chi connectivity index (χ2n) is 5.38. The maximum atomic E-state index is 12.7. The van der Waals surface area contributed by atoms with Crippen molar-refractivity contribution >= 4 is 27.8 Å². The second kappa shape index (κ2) is 7.64. The smallest absolute Gasteiger partial charge is 0.325 e. The number of rotatable bonds is 6. The highest BCUT2D eigenvalue weighted by Crippen LogP contribution is 2.21. The molecule has 0 unspecified atom stereocenters. The zero-order chi connectivity index (χ0) is 16.2. The first-order valence-electron chi connectivity index (χ1n) is 7.11. The van der Waals surface area contributed by atoms with Crippen LogP contribution in [0.4, 0.5) is 0 Å². The van der Waals surface area contributed by atoms with Crippen molar-refractivity contribution in [2.24, 2.45) is 0 Å². The van der Waals surface area contributed by atoms with Crippen molar-refractivity contribution in [2.45, 2.75) is 46.7 Å². The van der Waals surface area contributed by atoms with Crippen LogP contribution in [0, 0.1) is 0 Å². The van der Waals surface area contributed by atoms with E-state index in [1.54, 1.807) is 13.0 Å². The Morgan fingerprint density at radius 2 is 1.95 bits per heavy atom. The fourth-order valence-corrected chi connectivity index (χ4v) is 2.46.